The fraction of sp³-hybridized carbons (Fsp3) is 0.375. The number of pyridine rings is 1. The molecular formula is C16H18N4O3. The molecule has 3 rings (SSSR count). The van der Waals surface area contributed by atoms with Crippen LogP contribution in [0, 0.1) is 0 Å². The SMILES string of the molecule is O=C(O)CC1(NC(=O)c2cc(-n3cccn3)ccn2)CCCC1. The lowest BCUT2D eigenvalue weighted by Crippen LogP contribution is -2.48. The quantitative estimate of drug-likeness (QED) is 0.877. The number of carboxylic acids is 1. The summed E-state index contributed by atoms with van der Waals surface area (Å²) in [6, 6.07) is 5.19. The van der Waals surface area contributed by atoms with Crippen molar-refractivity contribution in [3.05, 3.63) is 42.5 Å². The van der Waals surface area contributed by atoms with E-state index in [-0.39, 0.29) is 18.0 Å². The Bertz CT molecular complexity index is 706. The molecule has 7 heteroatoms. The fourth-order valence-electron chi connectivity index (χ4n) is 3.10. The summed E-state index contributed by atoms with van der Waals surface area (Å²) in [6.45, 7) is 0. The lowest BCUT2D eigenvalue weighted by molar-refractivity contribution is -0.138. The molecule has 23 heavy (non-hydrogen) atoms. The number of nitrogens with zero attached hydrogens (tertiary/aromatic N) is 3. The minimum Gasteiger partial charge on any atom is -0.481 e. The number of carboxylic acid groups (broad SMARTS) is 1. The Labute approximate surface area is 133 Å². The van der Waals surface area contributed by atoms with Gasteiger partial charge >= 0.3 is 5.97 Å². The van der Waals surface area contributed by atoms with Crippen LogP contribution in [-0.2, 0) is 4.79 Å². The highest BCUT2D eigenvalue weighted by atomic mass is 16.4. The third-order valence-corrected chi connectivity index (χ3v) is 4.17. The highest BCUT2D eigenvalue weighted by Crippen LogP contribution is 2.32. The summed E-state index contributed by atoms with van der Waals surface area (Å²) in [4.78, 5) is 27.7. The average Bonchev–Trinajstić information content (AvgIpc) is 3.19. The second-order valence-electron chi connectivity index (χ2n) is 5.86. The van der Waals surface area contributed by atoms with E-state index in [2.05, 4.69) is 15.4 Å². The fourth-order valence-corrected chi connectivity index (χ4v) is 3.10. The van der Waals surface area contributed by atoms with Gasteiger partial charge in [0.1, 0.15) is 5.69 Å². The Morgan fingerprint density at radius 1 is 1.30 bits per heavy atom. The van der Waals surface area contributed by atoms with E-state index in [0.717, 1.165) is 18.5 Å². The lowest BCUT2D eigenvalue weighted by atomic mass is 9.93. The van der Waals surface area contributed by atoms with Crippen LogP contribution in [-0.4, -0.2) is 37.3 Å². The summed E-state index contributed by atoms with van der Waals surface area (Å²) in [5, 5.41) is 16.1. The first-order valence-corrected chi connectivity index (χ1v) is 7.58. The van der Waals surface area contributed by atoms with Crippen LogP contribution < -0.4 is 5.32 Å². The van der Waals surface area contributed by atoms with Gasteiger partial charge in [-0.2, -0.15) is 5.10 Å². The molecule has 0 atom stereocenters. The van der Waals surface area contributed by atoms with Crippen molar-refractivity contribution in [2.45, 2.75) is 37.6 Å². The first-order chi connectivity index (χ1) is 11.1. The van der Waals surface area contributed by atoms with Crippen molar-refractivity contribution in [3.8, 4) is 5.69 Å². The number of rotatable bonds is 5. The van der Waals surface area contributed by atoms with E-state index in [0.29, 0.717) is 12.8 Å². The Kier molecular flexibility index (Phi) is 4.10. The Hall–Kier alpha value is -2.70. The van der Waals surface area contributed by atoms with Gasteiger partial charge in [0, 0.05) is 18.6 Å². The first-order valence-electron chi connectivity index (χ1n) is 7.58. The smallest absolute Gasteiger partial charge is 0.305 e. The summed E-state index contributed by atoms with van der Waals surface area (Å²) in [5.74, 6) is -1.24. The van der Waals surface area contributed by atoms with E-state index in [4.69, 9.17) is 5.11 Å². The Morgan fingerprint density at radius 2 is 2.09 bits per heavy atom. The molecule has 1 aliphatic rings. The molecule has 7 nitrogen and oxygen atoms in total. The first kappa shape index (κ1) is 15.2. The maximum Gasteiger partial charge on any atom is 0.305 e. The summed E-state index contributed by atoms with van der Waals surface area (Å²) in [5.41, 5.74) is 0.329. The van der Waals surface area contributed by atoms with Crippen molar-refractivity contribution in [1.82, 2.24) is 20.1 Å². The number of nitrogens with one attached hydrogen (secondary N) is 1. The molecule has 0 bridgehead atoms. The summed E-state index contributed by atoms with van der Waals surface area (Å²) in [6.07, 6.45) is 8.14. The zero-order valence-electron chi connectivity index (χ0n) is 12.6. The Balaban J connectivity index is 1.80. The van der Waals surface area contributed by atoms with Gasteiger partial charge in [-0.15, -0.1) is 0 Å². The zero-order chi connectivity index (χ0) is 16.3. The van der Waals surface area contributed by atoms with Crippen LogP contribution in [0.4, 0.5) is 0 Å². The van der Waals surface area contributed by atoms with Gasteiger partial charge in [0.2, 0.25) is 0 Å². The van der Waals surface area contributed by atoms with Crippen LogP contribution >= 0.6 is 0 Å². The molecule has 0 radical (unpaired) electrons. The van der Waals surface area contributed by atoms with Crippen LogP contribution in [0.3, 0.4) is 0 Å². The number of aromatic nitrogens is 3. The van der Waals surface area contributed by atoms with Crippen LogP contribution in [0.2, 0.25) is 0 Å². The van der Waals surface area contributed by atoms with Gasteiger partial charge in [-0.25, -0.2) is 4.68 Å². The van der Waals surface area contributed by atoms with E-state index in [1.165, 1.54) is 0 Å². The monoisotopic (exact) mass is 314 g/mol. The minimum atomic E-state index is -0.898. The molecule has 2 heterocycles. The molecular weight excluding hydrogens is 296 g/mol. The molecule has 120 valence electrons. The number of amides is 1. The van der Waals surface area contributed by atoms with Gasteiger partial charge in [-0.05, 0) is 31.0 Å². The molecule has 2 N–H and O–H groups in total. The standard InChI is InChI=1S/C16H18N4O3/c21-14(22)11-16(5-1-2-6-16)19-15(23)13-10-12(4-8-17-13)20-9-3-7-18-20/h3-4,7-10H,1-2,5-6,11H2,(H,19,23)(H,21,22). The van der Waals surface area contributed by atoms with Crippen molar-refractivity contribution in [1.29, 1.82) is 0 Å². The summed E-state index contributed by atoms with van der Waals surface area (Å²) >= 11 is 0. The molecule has 2 aromatic rings. The number of aliphatic carboxylic acids is 1. The molecule has 1 fully saturated rings. The van der Waals surface area contributed by atoms with Gasteiger partial charge in [0.05, 0.1) is 17.6 Å². The van der Waals surface area contributed by atoms with Gasteiger partial charge in [-0.1, -0.05) is 12.8 Å². The predicted molar refractivity (Wildman–Crippen MR) is 82.3 cm³/mol. The maximum atomic E-state index is 12.5. The van der Waals surface area contributed by atoms with E-state index >= 15 is 0 Å². The third kappa shape index (κ3) is 3.39. The van der Waals surface area contributed by atoms with Gasteiger partial charge in [-0.3, -0.25) is 14.6 Å². The van der Waals surface area contributed by atoms with E-state index in [1.807, 2.05) is 0 Å². The van der Waals surface area contributed by atoms with E-state index < -0.39 is 11.5 Å². The van der Waals surface area contributed by atoms with Crippen molar-refractivity contribution >= 4 is 11.9 Å². The van der Waals surface area contributed by atoms with E-state index in [1.54, 1.807) is 41.5 Å². The topological polar surface area (TPSA) is 97.1 Å². The highest BCUT2D eigenvalue weighted by molar-refractivity contribution is 5.93. The largest absolute Gasteiger partial charge is 0.481 e. The molecule has 1 aliphatic carbocycles. The molecule has 0 saturated heterocycles. The minimum absolute atomic E-state index is 0.0579. The second kappa shape index (κ2) is 6.20. The summed E-state index contributed by atoms with van der Waals surface area (Å²) in [7, 11) is 0. The van der Waals surface area contributed by atoms with Crippen molar-refractivity contribution in [2.75, 3.05) is 0 Å². The average molecular weight is 314 g/mol. The Morgan fingerprint density at radius 3 is 2.74 bits per heavy atom. The normalized spacial score (nSPS) is 16.2. The van der Waals surface area contributed by atoms with Gasteiger partial charge in [0.15, 0.2) is 0 Å². The molecule has 0 unspecified atom stereocenters. The summed E-state index contributed by atoms with van der Waals surface area (Å²) < 4.78 is 1.64. The zero-order valence-corrected chi connectivity index (χ0v) is 12.6. The lowest BCUT2D eigenvalue weighted by Gasteiger charge is -2.28. The van der Waals surface area contributed by atoms with Crippen LogP contribution in [0.25, 0.3) is 5.69 Å². The van der Waals surface area contributed by atoms with Gasteiger partial charge in [0.25, 0.3) is 5.91 Å². The van der Waals surface area contributed by atoms with Crippen LogP contribution in [0.5, 0.6) is 0 Å². The highest BCUT2D eigenvalue weighted by Gasteiger charge is 2.37. The molecule has 0 aliphatic heterocycles. The molecule has 1 amide bonds. The number of hydrogen-bond acceptors (Lipinski definition) is 4. The number of hydrogen-bond donors (Lipinski definition) is 2. The molecule has 0 spiro atoms. The molecule has 2 aromatic heterocycles. The number of carbonyl (C=O) groups is 2. The van der Waals surface area contributed by atoms with Crippen LogP contribution in [0.15, 0.2) is 36.8 Å². The van der Waals surface area contributed by atoms with Gasteiger partial charge < -0.3 is 10.4 Å². The van der Waals surface area contributed by atoms with Crippen molar-refractivity contribution < 1.29 is 14.7 Å². The van der Waals surface area contributed by atoms with E-state index in [9.17, 15) is 9.59 Å². The second-order valence-corrected chi connectivity index (χ2v) is 5.86. The molecule has 1 saturated carbocycles. The third-order valence-electron chi connectivity index (χ3n) is 4.17. The van der Waals surface area contributed by atoms with Crippen molar-refractivity contribution in [3.63, 3.8) is 0 Å². The maximum absolute atomic E-state index is 12.5. The number of carbonyl (C=O) groups excluding carboxylic acids is 1. The van der Waals surface area contributed by atoms with Crippen LogP contribution in [0.1, 0.15) is 42.6 Å². The predicted octanol–water partition coefficient (Wildman–Crippen LogP) is 1.78. The van der Waals surface area contributed by atoms with Crippen molar-refractivity contribution in [2.24, 2.45) is 0 Å². The molecule has 0 aromatic carbocycles.